The number of amides is 2. The highest BCUT2D eigenvalue weighted by atomic mass is 16.2. The summed E-state index contributed by atoms with van der Waals surface area (Å²) in [5, 5.41) is 6.68. The fourth-order valence-corrected chi connectivity index (χ4v) is 6.39. The molecule has 2 N–H and O–H groups in total. The Hall–Kier alpha value is -1.51. The van der Waals surface area contributed by atoms with E-state index in [2.05, 4.69) is 34.9 Å². The van der Waals surface area contributed by atoms with Gasteiger partial charge in [-0.2, -0.15) is 0 Å². The normalized spacial score (nSPS) is 37.7. The number of rotatable bonds is 2. The molecule has 0 atom stereocenters. The maximum absolute atomic E-state index is 12.6. The van der Waals surface area contributed by atoms with E-state index >= 15 is 0 Å². The summed E-state index contributed by atoms with van der Waals surface area (Å²) in [5.41, 5.74) is 2.91. The van der Waals surface area contributed by atoms with Gasteiger partial charge in [0.2, 0.25) is 0 Å². The van der Waals surface area contributed by atoms with E-state index in [1.165, 1.54) is 49.7 Å². The van der Waals surface area contributed by atoms with Gasteiger partial charge in [-0.3, -0.25) is 0 Å². The number of nitrogens with one attached hydrogen (secondary N) is 2. The van der Waals surface area contributed by atoms with E-state index in [9.17, 15) is 4.79 Å². The summed E-state index contributed by atoms with van der Waals surface area (Å²) in [7, 11) is 0. The van der Waals surface area contributed by atoms with Crippen LogP contribution >= 0.6 is 0 Å². The highest BCUT2D eigenvalue weighted by Crippen LogP contribution is 2.55. The predicted molar refractivity (Wildman–Crippen MR) is 90.2 cm³/mol. The van der Waals surface area contributed by atoms with Crippen molar-refractivity contribution in [2.45, 2.75) is 62.9 Å². The summed E-state index contributed by atoms with van der Waals surface area (Å²) < 4.78 is 0. The minimum Gasteiger partial charge on any atom is -0.335 e. The van der Waals surface area contributed by atoms with E-state index in [-0.39, 0.29) is 17.6 Å². The molecule has 6 rings (SSSR count). The third-order valence-electron chi connectivity index (χ3n) is 6.80. The van der Waals surface area contributed by atoms with E-state index < -0.39 is 0 Å². The lowest BCUT2D eigenvalue weighted by Gasteiger charge is -2.56. The number of benzene rings is 1. The molecule has 23 heavy (non-hydrogen) atoms. The molecule has 0 radical (unpaired) electrons. The first-order valence-corrected chi connectivity index (χ1v) is 9.33. The van der Waals surface area contributed by atoms with Crippen molar-refractivity contribution < 1.29 is 4.79 Å². The first-order valence-electron chi connectivity index (χ1n) is 9.33. The Kier molecular flexibility index (Phi) is 3.01. The molecule has 0 saturated heterocycles. The molecule has 1 aromatic rings. The van der Waals surface area contributed by atoms with Crippen LogP contribution in [0, 0.1) is 17.8 Å². The van der Waals surface area contributed by atoms with Crippen molar-refractivity contribution in [3.63, 3.8) is 0 Å². The Bertz CT molecular complexity index is 578. The van der Waals surface area contributed by atoms with Crippen LogP contribution in [0.3, 0.4) is 0 Å². The second-order valence-electron chi connectivity index (χ2n) is 8.67. The van der Waals surface area contributed by atoms with Gasteiger partial charge in [0.15, 0.2) is 0 Å². The molecule has 4 fully saturated rings. The lowest BCUT2D eigenvalue weighted by molar-refractivity contribution is -0.0136. The van der Waals surface area contributed by atoms with E-state index in [0.717, 1.165) is 30.6 Å². The SMILES string of the molecule is O=C(NC1Cc2ccccc2C1)NC12CC3CC(CC(C3)C1)C2. The average molecular weight is 310 g/mol. The summed E-state index contributed by atoms with van der Waals surface area (Å²) in [4.78, 5) is 12.6. The quantitative estimate of drug-likeness (QED) is 0.863. The summed E-state index contributed by atoms with van der Waals surface area (Å²) in [5.74, 6) is 2.62. The molecule has 0 aromatic heterocycles. The molecule has 3 heteroatoms. The predicted octanol–water partition coefficient (Wildman–Crippen LogP) is 3.42. The van der Waals surface area contributed by atoms with Crippen molar-refractivity contribution in [3.05, 3.63) is 35.4 Å². The van der Waals surface area contributed by atoms with E-state index in [4.69, 9.17) is 0 Å². The molecule has 0 aliphatic heterocycles. The number of hydrogen-bond acceptors (Lipinski definition) is 1. The Balaban J connectivity index is 1.23. The van der Waals surface area contributed by atoms with Gasteiger partial charge in [-0.25, -0.2) is 4.79 Å². The summed E-state index contributed by atoms with van der Waals surface area (Å²) >= 11 is 0. The van der Waals surface area contributed by atoms with Crippen LogP contribution < -0.4 is 10.6 Å². The molecule has 0 heterocycles. The van der Waals surface area contributed by atoms with Gasteiger partial charge in [0, 0.05) is 11.6 Å². The molecule has 3 nitrogen and oxygen atoms in total. The van der Waals surface area contributed by atoms with Crippen LogP contribution in [0.15, 0.2) is 24.3 Å². The second kappa shape index (κ2) is 4.99. The molecule has 4 saturated carbocycles. The first-order chi connectivity index (χ1) is 11.2. The van der Waals surface area contributed by atoms with Gasteiger partial charge >= 0.3 is 6.03 Å². The van der Waals surface area contributed by atoms with Crippen molar-refractivity contribution in [1.29, 1.82) is 0 Å². The van der Waals surface area contributed by atoms with E-state index in [1.54, 1.807) is 0 Å². The summed E-state index contributed by atoms with van der Waals surface area (Å²) in [6.45, 7) is 0. The minimum absolute atomic E-state index is 0.0738. The maximum atomic E-state index is 12.6. The molecule has 2 amide bonds. The summed E-state index contributed by atoms with van der Waals surface area (Å²) in [6.07, 6.45) is 9.86. The zero-order valence-electron chi connectivity index (χ0n) is 13.7. The smallest absolute Gasteiger partial charge is 0.315 e. The number of carbonyl (C=O) groups is 1. The van der Waals surface area contributed by atoms with Gasteiger partial charge in [0.1, 0.15) is 0 Å². The Morgan fingerprint density at radius 2 is 1.43 bits per heavy atom. The molecule has 5 aliphatic rings. The molecule has 1 aromatic carbocycles. The van der Waals surface area contributed by atoms with Crippen LogP contribution in [0.4, 0.5) is 4.79 Å². The average Bonchev–Trinajstić information content (AvgIpc) is 2.86. The fourth-order valence-electron chi connectivity index (χ4n) is 6.39. The van der Waals surface area contributed by atoms with Crippen LogP contribution in [-0.2, 0) is 12.8 Å². The molecular formula is C20H26N2O. The summed E-state index contributed by atoms with van der Waals surface area (Å²) in [6, 6.07) is 8.90. The molecule has 0 spiro atoms. The number of hydrogen-bond donors (Lipinski definition) is 2. The zero-order chi connectivity index (χ0) is 15.4. The largest absolute Gasteiger partial charge is 0.335 e. The van der Waals surface area contributed by atoms with E-state index in [1.807, 2.05) is 0 Å². The van der Waals surface area contributed by atoms with Gasteiger partial charge in [-0.1, -0.05) is 24.3 Å². The Morgan fingerprint density at radius 3 is 1.96 bits per heavy atom. The topological polar surface area (TPSA) is 41.1 Å². The lowest BCUT2D eigenvalue weighted by Crippen LogP contribution is -2.62. The van der Waals surface area contributed by atoms with Crippen molar-refractivity contribution in [2.24, 2.45) is 17.8 Å². The van der Waals surface area contributed by atoms with Gasteiger partial charge < -0.3 is 10.6 Å². The highest BCUT2D eigenvalue weighted by molar-refractivity contribution is 5.75. The molecule has 122 valence electrons. The van der Waals surface area contributed by atoms with Crippen LogP contribution in [0.2, 0.25) is 0 Å². The maximum Gasteiger partial charge on any atom is 0.315 e. The van der Waals surface area contributed by atoms with Crippen molar-refractivity contribution in [3.8, 4) is 0 Å². The lowest BCUT2D eigenvalue weighted by atomic mass is 9.53. The monoisotopic (exact) mass is 310 g/mol. The van der Waals surface area contributed by atoms with Gasteiger partial charge in [-0.05, 0) is 80.2 Å². The van der Waals surface area contributed by atoms with Crippen LogP contribution in [0.25, 0.3) is 0 Å². The first kappa shape index (κ1) is 13.9. The minimum atomic E-state index is 0.0738. The molecular weight excluding hydrogens is 284 g/mol. The number of urea groups is 1. The van der Waals surface area contributed by atoms with Crippen LogP contribution in [0.5, 0.6) is 0 Å². The van der Waals surface area contributed by atoms with E-state index in [0.29, 0.717) is 0 Å². The number of carbonyl (C=O) groups excluding carboxylic acids is 1. The molecule has 5 aliphatic carbocycles. The zero-order valence-corrected chi connectivity index (χ0v) is 13.7. The third kappa shape index (κ3) is 2.45. The Morgan fingerprint density at radius 1 is 0.913 bits per heavy atom. The van der Waals surface area contributed by atoms with Crippen molar-refractivity contribution in [2.75, 3.05) is 0 Å². The van der Waals surface area contributed by atoms with Crippen molar-refractivity contribution in [1.82, 2.24) is 10.6 Å². The van der Waals surface area contributed by atoms with Gasteiger partial charge in [0.25, 0.3) is 0 Å². The van der Waals surface area contributed by atoms with Gasteiger partial charge in [-0.15, -0.1) is 0 Å². The van der Waals surface area contributed by atoms with Crippen LogP contribution in [-0.4, -0.2) is 17.6 Å². The highest BCUT2D eigenvalue weighted by Gasteiger charge is 2.51. The van der Waals surface area contributed by atoms with Gasteiger partial charge in [0.05, 0.1) is 0 Å². The van der Waals surface area contributed by atoms with Crippen LogP contribution in [0.1, 0.15) is 49.7 Å². The fraction of sp³-hybridized carbons (Fsp3) is 0.650. The molecule has 4 bridgehead atoms. The second-order valence-corrected chi connectivity index (χ2v) is 8.67. The Labute approximate surface area is 138 Å². The van der Waals surface area contributed by atoms with Crippen molar-refractivity contribution >= 4 is 6.03 Å². The number of fused-ring (bicyclic) bond motifs is 1. The third-order valence-corrected chi connectivity index (χ3v) is 6.80. The molecule has 0 unspecified atom stereocenters. The standard InChI is InChI=1S/C20H26N2O/c23-19(21-18-8-16-3-1-2-4-17(16)9-18)22-20-10-13-5-14(11-20)7-15(6-13)12-20/h1-4,13-15,18H,5-12H2,(H2,21,22,23).